The van der Waals surface area contributed by atoms with Gasteiger partial charge in [0.25, 0.3) is 5.95 Å². The van der Waals surface area contributed by atoms with Crippen LogP contribution in [0.3, 0.4) is 0 Å². The standard InChI is InChI=1S/C24H26O12/c1-11-7-6-8-17-20(11)16(29)9-19(34-17)36-24-23(33-15(5)28)22(32-14(4)27)21(31-13(3)26)18(35-24)10-30-12(2)25/h6-9,18,21-24H,10H2,1-5H3/t18-,21-,22+,23-,24-/m1/s1. The van der Waals surface area contributed by atoms with Gasteiger partial charge in [0, 0.05) is 27.7 Å². The van der Waals surface area contributed by atoms with Crippen LogP contribution in [0.4, 0.5) is 0 Å². The van der Waals surface area contributed by atoms with Crippen molar-refractivity contribution in [3.63, 3.8) is 0 Å². The zero-order valence-electron chi connectivity index (χ0n) is 20.3. The Labute approximate surface area is 205 Å². The number of aryl methyl sites for hydroxylation is 1. The van der Waals surface area contributed by atoms with Crippen molar-refractivity contribution < 1.29 is 52.0 Å². The normalized spacial score (nSPS) is 23.4. The predicted octanol–water partition coefficient (Wildman–Crippen LogP) is 1.56. The zero-order chi connectivity index (χ0) is 26.6. The Hall–Kier alpha value is -3.93. The third-order valence-corrected chi connectivity index (χ3v) is 5.12. The van der Waals surface area contributed by atoms with Crippen LogP contribution in [0.5, 0.6) is 5.95 Å². The molecule has 1 fully saturated rings. The third kappa shape index (κ3) is 6.39. The van der Waals surface area contributed by atoms with Crippen LogP contribution < -0.4 is 10.2 Å². The highest BCUT2D eigenvalue weighted by atomic mass is 16.8. The van der Waals surface area contributed by atoms with Gasteiger partial charge in [-0.15, -0.1) is 0 Å². The molecule has 1 saturated heterocycles. The quantitative estimate of drug-likeness (QED) is 0.395. The van der Waals surface area contributed by atoms with Crippen LogP contribution in [0.1, 0.15) is 33.3 Å². The number of hydrogen-bond donors (Lipinski definition) is 0. The van der Waals surface area contributed by atoms with Crippen LogP contribution in [0.25, 0.3) is 11.0 Å². The van der Waals surface area contributed by atoms with Crippen LogP contribution in [-0.4, -0.2) is 61.2 Å². The highest BCUT2D eigenvalue weighted by Gasteiger charge is 2.53. The zero-order valence-corrected chi connectivity index (χ0v) is 20.3. The molecule has 2 aromatic rings. The summed E-state index contributed by atoms with van der Waals surface area (Å²) in [6, 6.07) is 6.10. The number of fused-ring (bicyclic) bond motifs is 1. The van der Waals surface area contributed by atoms with Crippen LogP contribution in [0.15, 0.2) is 33.5 Å². The lowest BCUT2D eigenvalue weighted by atomic mass is 9.98. The SMILES string of the molecule is CC(=O)OC[C@H]1O[C@H](Oc2cc(=O)c3c(C)cccc3o2)[C@H](OC(C)=O)[C@@H](OC(C)=O)[C@@H]1OC(C)=O. The molecule has 0 radical (unpaired) electrons. The Morgan fingerprint density at radius 1 is 0.861 bits per heavy atom. The molecule has 36 heavy (non-hydrogen) atoms. The molecule has 1 aliphatic heterocycles. The average Bonchev–Trinajstić information content (AvgIpc) is 2.75. The maximum Gasteiger partial charge on any atom is 0.303 e. The summed E-state index contributed by atoms with van der Waals surface area (Å²) in [7, 11) is 0. The maximum atomic E-state index is 12.7. The number of carbonyl (C=O) groups excluding carboxylic acids is 4. The van der Waals surface area contributed by atoms with Crippen LogP contribution >= 0.6 is 0 Å². The van der Waals surface area contributed by atoms with Crippen molar-refractivity contribution >= 4 is 34.8 Å². The summed E-state index contributed by atoms with van der Waals surface area (Å²) in [5.74, 6) is -3.26. The molecule has 0 spiro atoms. The van der Waals surface area contributed by atoms with Crippen LogP contribution in [0.2, 0.25) is 0 Å². The molecule has 1 aliphatic rings. The molecule has 1 aromatic carbocycles. The predicted molar refractivity (Wildman–Crippen MR) is 120 cm³/mol. The molecule has 0 bridgehead atoms. The largest absolute Gasteiger partial charge is 0.463 e. The van der Waals surface area contributed by atoms with Crippen molar-refractivity contribution in [2.24, 2.45) is 0 Å². The first-order valence-electron chi connectivity index (χ1n) is 11.0. The molecule has 0 saturated carbocycles. The van der Waals surface area contributed by atoms with E-state index in [0.29, 0.717) is 10.9 Å². The molecule has 5 atom stereocenters. The van der Waals surface area contributed by atoms with Gasteiger partial charge in [-0.1, -0.05) is 12.1 Å². The molecule has 1 aromatic heterocycles. The van der Waals surface area contributed by atoms with Gasteiger partial charge in [0.2, 0.25) is 12.4 Å². The summed E-state index contributed by atoms with van der Waals surface area (Å²) >= 11 is 0. The second-order valence-electron chi connectivity index (χ2n) is 8.06. The lowest BCUT2D eigenvalue weighted by Crippen LogP contribution is -2.63. The summed E-state index contributed by atoms with van der Waals surface area (Å²) < 4.78 is 38.3. The Balaban J connectivity index is 2.04. The van der Waals surface area contributed by atoms with Crippen molar-refractivity contribution in [3.05, 3.63) is 40.1 Å². The molecule has 0 aliphatic carbocycles. The topological polar surface area (TPSA) is 154 Å². The molecule has 12 heteroatoms. The maximum absolute atomic E-state index is 12.7. The highest BCUT2D eigenvalue weighted by molar-refractivity contribution is 5.80. The Bertz CT molecular complexity index is 1220. The second-order valence-corrected chi connectivity index (χ2v) is 8.06. The van der Waals surface area contributed by atoms with Gasteiger partial charge in [0.05, 0.1) is 11.5 Å². The molecular formula is C24H26O12. The summed E-state index contributed by atoms with van der Waals surface area (Å²) in [6.45, 7) is 5.81. The van der Waals surface area contributed by atoms with E-state index in [0.717, 1.165) is 33.8 Å². The number of carbonyl (C=O) groups is 4. The van der Waals surface area contributed by atoms with E-state index in [9.17, 15) is 24.0 Å². The molecule has 194 valence electrons. The molecule has 0 unspecified atom stereocenters. The van der Waals surface area contributed by atoms with Crippen molar-refractivity contribution in [2.75, 3.05) is 6.61 Å². The lowest BCUT2D eigenvalue weighted by Gasteiger charge is -2.43. The van der Waals surface area contributed by atoms with Gasteiger partial charge in [0.1, 0.15) is 18.3 Å². The minimum Gasteiger partial charge on any atom is -0.463 e. The van der Waals surface area contributed by atoms with Crippen molar-refractivity contribution in [1.82, 2.24) is 0 Å². The van der Waals surface area contributed by atoms with E-state index in [-0.39, 0.29) is 11.5 Å². The lowest BCUT2D eigenvalue weighted by molar-refractivity contribution is -0.290. The highest BCUT2D eigenvalue weighted by Crippen LogP contribution is 2.31. The fraction of sp³-hybridized carbons (Fsp3) is 0.458. The number of ether oxygens (including phenoxy) is 6. The number of esters is 4. The first-order chi connectivity index (χ1) is 17.0. The van der Waals surface area contributed by atoms with E-state index in [1.807, 2.05) is 0 Å². The number of rotatable bonds is 7. The van der Waals surface area contributed by atoms with Crippen molar-refractivity contribution in [2.45, 2.75) is 65.3 Å². The fourth-order valence-electron chi connectivity index (χ4n) is 3.81. The molecule has 2 heterocycles. The van der Waals surface area contributed by atoms with E-state index < -0.39 is 66.6 Å². The first kappa shape index (κ1) is 26.7. The van der Waals surface area contributed by atoms with Gasteiger partial charge < -0.3 is 32.8 Å². The van der Waals surface area contributed by atoms with Gasteiger partial charge in [-0.05, 0) is 18.6 Å². The number of hydrogen-bond acceptors (Lipinski definition) is 12. The molecule has 12 nitrogen and oxygen atoms in total. The Kier molecular flexibility index (Phi) is 8.30. The van der Waals surface area contributed by atoms with Gasteiger partial charge in [-0.25, -0.2) is 0 Å². The van der Waals surface area contributed by atoms with Gasteiger partial charge in [-0.3, -0.25) is 24.0 Å². The Morgan fingerprint density at radius 2 is 1.47 bits per heavy atom. The van der Waals surface area contributed by atoms with Gasteiger partial charge >= 0.3 is 23.9 Å². The van der Waals surface area contributed by atoms with Gasteiger partial charge in [-0.2, -0.15) is 0 Å². The van der Waals surface area contributed by atoms with E-state index in [1.165, 1.54) is 0 Å². The third-order valence-electron chi connectivity index (χ3n) is 5.12. The second kappa shape index (κ2) is 11.2. The molecular weight excluding hydrogens is 480 g/mol. The van der Waals surface area contributed by atoms with E-state index in [4.69, 9.17) is 32.8 Å². The summed E-state index contributed by atoms with van der Waals surface area (Å²) in [6.07, 6.45) is -6.92. The monoisotopic (exact) mass is 506 g/mol. The van der Waals surface area contributed by atoms with E-state index in [2.05, 4.69) is 0 Å². The molecule has 0 N–H and O–H groups in total. The number of benzene rings is 1. The smallest absolute Gasteiger partial charge is 0.303 e. The summed E-state index contributed by atoms with van der Waals surface area (Å²) in [4.78, 5) is 59.7. The fourth-order valence-corrected chi connectivity index (χ4v) is 3.81. The first-order valence-corrected chi connectivity index (χ1v) is 11.0. The molecule has 0 amide bonds. The van der Waals surface area contributed by atoms with Crippen LogP contribution in [-0.2, 0) is 42.9 Å². The minimum absolute atomic E-state index is 0.239. The molecule has 3 rings (SSSR count). The summed E-state index contributed by atoms with van der Waals surface area (Å²) in [5.41, 5.74) is 0.540. The summed E-state index contributed by atoms with van der Waals surface area (Å²) in [5, 5.41) is 0.353. The van der Waals surface area contributed by atoms with Gasteiger partial charge in [0.15, 0.2) is 17.6 Å². The minimum atomic E-state index is -1.52. The van der Waals surface area contributed by atoms with Crippen LogP contribution in [0, 0.1) is 6.92 Å². The van der Waals surface area contributed by atoms with E-state index >= 15 is 0 Å². The van der Waals surface area contributed by atoms with Crippen molar-refractivity contribution in [1.29, 1.82) is 0 Å². The van der Waals surface area contributed by atoms with Crippen molar-refractivity contribution in [3.8, 4) is 5.95 Å². The average molecular weight is 506 g/mol. The van der Waals surface area contributed by atoms with E-state index in [1.54, 1.807) is 25.1 Å². The Morgan fingerprint density at radius 3 is 2.08 bits per heavy atom.